The molecule has 0 amide bonds. The zero-order valence-corrected chi connectivity index (χ0v) is 16.0. The van der Waals surface area contributed by atoms with Gasteiger partial charge in [-0.15, -0.1) is 0 Å². The number of hydrogen-bond acceptors (Lipinski definition) is 4. The highest BCUT2D eigenvalue weighted by Gasteiger charge is 2.03. The van der Waals surface area contributed by atoms with Crippen molar-refractivity contribution >= 4 is 22.2 Å². The lowest BCUT2D eigenvalue weighted by Crippen LogP contribution is -2.01. The molecule has 3 rings (SSSR count). The number of nitrogens with zero attached hydrogens (tertiary/aromatic N) is 2. The quantitative estimate of drug-likeness (QED) is 0.601. The van der Waals surface area contributed by atoms with Crippen LogP contribution in [-0.4, -0.2) is 18.0 Å². The molecule has 2 aromatic carbocycles. The summed E-state index contributed by atoms with van der Waals surface area (Å²) in [5.41, 5.74) is 2.98. The molecule has 27 heavy (non-hydrogen) atoms. The van der Waals surface area contributed by atoms with Crippen LogP contribution >= 0.6 is 10.5 Å². The molecule has 1 N–H and O–H groups in total. The van der Waals surface area contributed by atoms with Crippen molar-refractivity contribution in [2.45, 2.75) is 17.2 Å². The van der Waals surface area contributed by atoms with E-state index in [0.29, 0.717) is 12.1 Å². The molecule has 0 bridgehead atoms. The summed E-state index contributed by atoms with van der Waals surface area (Å²) in [5, 5.41) is 12.1. The van der Waals surface area contributed by atoms with Gasteiger partial charge in [0.15, 0.2) is 0 Å². The number of methoxy groups -OCH3 is 1. The third kappa shape index (κ3) is 5.19. The summed E-state index contributed by atoms with van der Waals surface area (Å²) < 4.78 is 5.21. The predicted molar refractivity (Wildman–Crippen MR) is 112 cm³/mol. The topological polar surface area (TPSA) is 57.9 Å². The minimum Gasteiger partial charge on any atom is -0.497 e. The van der Waals surface area contributed by atoms with Crippen molar-refractivity contribution in [3.63, 3.8) is 0 Å². The second kappa shape index (κ2) is 9.02. The number of rotatable bonds is 7. The van der Waals surface area contributed by atoms with E-state index in [0.717, 1.165) is 17.3 Å². The molecule has 0 spiro atoms. The zero-order chi connectivity index (χ0) is 19.1. The third-order valence-electron chi connectivity index (χ3n) is 4.10. The van der Waals surface area contributed by atoms with E-state index in [-0.39, 0.29) is 10.5 Å². The zero-order valence-electron chi connectivity index (χ0n) is 15.2. The molecule has 0 aliphatic carbocycles. The summed E-state index contributed by atoms with van der Waals surface area (Å²) in [4.78, 5) is 5.47. The van der Waals surface area contributed by atoms with Crippen LogP contribution in [0.2, 0.25) is 0 Å². The fraction of sp³-hybridized carbons (Fsp3) is 0.136. The molecule has 136 valence electrons. The van der Waals surface area contributed by atoms with Gasteiger partial charge in [-0.1, -0.05) is 30.1 Å². The number of hydrogen-bond donors (Lipinski definition) is 1. The van der Waals surface area contributed by atoms with Crippen molar-refractivity contribution < 1.29 is 4.74 Å². The Morgan fingerprint density at radius 2 is 1.93 bits per heavy atom. The van der Waals surface area contributed by atoms with Crippen LogP contribution in [0, 0.1) is 11.3 Å². The fourth-order valence-corrected chi connectivity index (χ4v) is 3.95. The van der Waals surface area contributed by atoms with Gasteiger partial charge in [0, 0.05) is 23.4 Å². The number of anilines is 1. The number of nitriles is 1. The summed E-state index contributed by atoms with van der Waals surface area (Å²) in [6.45, 7) is 0.673. The fourth-order valence-electron chi connectivity index (χ4n) is 2.60. The molecule has 4 nitrogen and oxygen atoms in total. The van der Waals surface area contributed by atoms with Crippen LogP contribution in [0.3, 0.4) is 0 Å². The van der Waals surface area contributed by atoms with E-state index in [1.165, 1.54) is 16.0 Å². The third-order valence-corrected chi connectivity index (χ3v) is 5.70. The van der Waals surface area contributed by atoms with Gasteiger partial charge in [0.05, 0.1) is 12.7 Å². The average Bonchev–Trinajstić information content (AvgIpc) is 2.73. The first-order valence-corrected chi connectivity index (χ1v) is 10.1. The highest BCUT2D eigenvalue weighted by Crippen LogP contribution is 2.30. The Morgan fingerprint density at radius 1 is 1.11 bits per heavy atom. The lowest BCUT2D eigenvalue weighted by molar-refractivity contribution is 0.414. The Labute approximate surface area is 162 Å². The number of ether oxygens (including phenoxy) is 1. The van der Waals surface area contributed by atoms with Gasteiger partial charge in [0.1, 0.15) is 17.6 Å². The number of benzene rings is 2. The van der Waals surface area contributed by atoms with Crippen molar-refractivity contribution in [2.75, 3.05) is 12.4 Å². The van der Waals surface area contributed by atoms with Crippen molar-refractivity contribution in [1.29, 1.82) is 5.26 Å². The second-order valence-corrected chi connectivity index (χ2v) is 7.78. The van der Waals surface area contributed by atoms with E-state index < -0.39 is 0 Å². The SMILES string of the molecule is C=S(Cc1ccc(OC)cc1)c1cccc(CNc2ccc(C#N)cn2)c1. The maximum absolute atomic E-state index is 8.83. The number of pyridine rings is 1. The summed E-state index contributed by atoms with van der Waals surface area (Å²) in [6.07, 6.45) is 1.57. The first-order valence-electron chi connectivity index (χ1n) is 8.50. The summed E-state index contributed by atoms with van der Waals surface area (Å²) in [5.74, 6) is 6.88. The predicted octanol–water partition coefficient (Wildman–Crippen LogP) is 4.83. The monoisotopic (exact) mass is 375 g/mol. The molecule has 1 atom stereocenters. The van der Waals surface area contributed by atoms with Crippen molar-refractivity contribution in [3.05, 3.63) is 83.6 Å². The second-order valence-electron chi connectivity index (χ2n) is 6.03. The number of aromatic nitrogens is 1. The Balaban J connectivity index is 1.63. The van der Waals surface area contributed by atoms with Crippen LogP contribution in [0.4, 0.5) is 5.82 Å². The number of nitrogens with one attached hydrogen (secondary N) is 1. The summed E-state index contributed by atoms with van der Waals surface area (Å²) in [6, 6.07) is 22.3. The van der Waals surface area contributed by atoms with E-state index in [1.807, 2.05) is 18.2 Å². The smallest absolute Gasteiger partial charge is 0.126 e. The molecule has 0 fully saturated rings. The molecule has 0 aliphatic heterocycles. The molecule has 1 unspecified atom stereocenters. The van der Waals surface area contributed by atoms with Crippen LogP contribution in [-0.2, 0) is 12.3 Å². The van der Waals surface area contributed by atoms with Crippen LogP contribution < -0.4 is 10.1 Å². The first-order chi connectivity index (χ1) is 13.2. The van der Waals surface area contributed by atoms with Crippen LogP contribution in [0.15, 0.2) is 71.8 Å². The van der Waals surface area contributed by atoms with Crippen LogP contribution in [0.25, 0.3) is 0 Å². The van der Waals surface area contributed by atoms with Gasteiger partial charge in [-0.05, 0) is 47.5 Å². The van der Waals surface area contributed by atoms with E-state index >= 15 is 0 Å². The van der Waals surface area contributed by atoms with Crippen molar-refractivity contribution in [2.24, 2.45) is 0 Å². The molecule has 0 saturated carbocycles. The van der Waals surface area contributed by atoms with Gasteiger partial charge in [0.2, 0.25) is 0 Å². The standard InChI is InChI=1S/C22H21N3OS/c1-26-20-9-6-17(7-10-20)16-27(2)21-5-3-4-18(12-21)14-24-22-11-8-19(13-23)15-25-22/h3-12,15H,2,14,16H2,1H3,(H,24,25). The normalized spacial score (nSPS) is 11.4. The van der Waals surface area contributed by atoms with Gasteiger partial charge in [-0.25, -0.2) is 4.98 Å². The lowest BCUT2D eigenvalue weighted by Gasteiger charge is -2.11. The highest BCUT2D eigenvalue weighted by atomic mass is 32.2. The Bertz CT molecular complexity index is 960. The van der Waals surface area contributed by atoms with E-state index in [2.05, 4.69) is 58.6 Å². The average molecular weight is 375 g/mol. The van der Waals surface area contributed by atoms with Crippen molar-refractivity contribution in [1.82, 2.24) is 4.98 Å². The van der Waals surface area contributed by atoms with Gasteiger partial charge < -0.3 is 10.1 Å². The van der Waals surface area contributed by atoms with Crippen LogP contribution in [0.5, 0.6) is 5.75 Å². The van der Waals surface area contributed by atoms with Crippen LogP contribution in [0.1, 0.15) is 16.7 Å². The molecule has 1 heterocycles. The Morgan fingerprint density at radius 3 is 2.59 bits per heavy atom. The van der Waals surface area contributed by atoms with E-state index in [9.17, 15) is 0 Å². The summed E-state index contributed by atoms with van der Waals surface area (Å²) >= 11 is 0. The van der Waals surface area contributed by atoms with Gasteiger partial charge in [0.25, 0.3) is 0 Å². The van der Waals surface area contributed by atoms with Crippen molar-refractivity contribution in [3.8, 4) is 11.8 Å². The summed E-state index contributed by atoms with van der Waals surface area (Å²) in [7, 11) is 1.55. The van der Waals surface area contributed by atoms with E-state index in [4.69, 9.17) is 10.00 Å². The first kappa shape index (κ1) is 18.7. The van der Waals surface area contributed by atoms with Gasteiger partial charge in [-0.3, -0.25) is 0 Å². The molecule has 1 aromatic heterocycles. The van der Waals surface area contributed by atoms with Gasteiger partial charge >= 0.3 is 0 Å². The largest absolute Gasteiger partial charge is 0.497 e. The molecule has 5 heteroatoms. The molecule has 0 aliphatic rings. The minimum atomic E-state index is -0.126. The maximum Gasteiger partial charge on any atom is 0.126 e. The lowest BCUT2D eigenvalue weighted by atomic mass is 10.2. The molecule has 3 aromatic rings. The highest BCUT2D eigenvalue weighted by molar-refractivity contribution is 8.13. The Kier molecular flexibility index (Phi) is 6.24. The molecular formula is C22H21N3OS. The van der Waals surface area contributed by atoms with E-state index in [1.54, 1.807) is 19.4 Å². The molecule has 0 radical (unpaired) electrons. The Hall–Kier alpha value is -3.10. The maximum atomic E-state index is 8.83. The van der Waals surface area contributed by atoms with Gasteiger partial charge in [-0.2, -0.15) is 15.7 Å². The molecular weight excluding hydrogens is 354 g/mol. The minimum absolute atomic E-state index is 0.126. The molecule has 0 saturated heterocycles.